The Labute approximate surface area is 199 Å². The molecule has 0 aliphatic carbocycles. The second kappa shape index (κ2) is 9.44. The fourth-order valence-electron chi connectivity index (χ4n) is 4.58. The smallest absolute Gasteiger partial charge is 0.236 e. The quantitative estimate of drug-likeness (QED) is 0.448. The van der Waals surface area contributed by atoms with Crippen molar-refractivity contribution in [1.29, 1.82) is 0 Å². The Balaban J connectivity index is 1.73. The van der Waals surface area contributed by atoms with E-state index in [2.05, 4.69) is 10.6 Å². The van der Waals surface area contributed by atoms with Crippen molar-refractivity contribution < 1.29 is 23.7 Å². The molecule has 1 saturated heterocycles. The van der Waals surface area contributed by atoms with E-state index in [-0.39, 0.29) is 11.9 Å². The van der Waals surface area contributed by atoms with Crippen LogP contribution in [0.3, 0.4) is 0 Å². The topological polar surface area (TPSA) is 81.3 Å². The van der Waals surface area contributed by atoms with Crippen molar-refractivity contribution >= 4 is 28.9 Å². The molecule has 2 aliphatic rings. The average molecular weight is 472 g/mol. The summed E-state index contributed by atoms with van der Waals surface area (Å²) >= 11 is 5.71. The SMILES string of the molecule is COCCCN1C(=S)NC2c3cccc(OC)c3OC1(C)C2C(=O)Nc1ccc(OC)cc1. The van der Waals surface area contributed by atoms with E-state index in [1.165, 1.54) is 0 Å². The molecule has 0 aromatic heterocycles. The number of amides is 1. The van der Waals surface area contributed by atoms with E-state index < -0.39 is 11.6 Å². The van der Waals surface area contributed by atoms with E-state index in [1.54, 1.807) is 33.5 Å². The van der Waals surface area contributed by atoms with Crippen LogP contribution in [0.15, 0.2) is 42.5 Å². The predicted octanol–water partition coefficient (Wildman–Crippen LogP) is 3.34. The summed E-state index contributed by atoms with van der Waals surface area (Å²) in [5.74, 6) is 1.19. The number of ether oxygens (including phenoxy) is 4. The van der Waals surface area contributed by atoms with Crippen LogP contribution in [-0.2, 0) is 9.53 Å². The largest absolute Gasteiger partial charge is 0.497 e. The van der Waals surface area contributed by atoms with Crippen molar-refractivity contribution in [2.45, 2.75) is 25.1 Å². The lowest BCUT2D eigenvalue weighted by atomic mass is 9.78. The van der Waals surface area contributed by atoms with Crippen LogP contribution in [-0.4, -0.2) is 56.1 Å². The van der Waals surface area contributed by atoms with Crippen LogP contribution in [0.5, 0.6) is 17.2 Å². The van der Waals surface area contributed by atoms with Crippen LogP contribution in [0.1, 0.15) is 24.9 Å². The van der Waals surface area contributed by atoms with Crippen LogP contribution in [0, 0.1) is 5.92 Å². The molecular weight excluding hydrogens is 442 g/mol. The van der Waals surface area contributed by atoms with Crippen molar-refractivity contribution in [1.82, 2.24) is 10.2 Å². The molecule has 1 amide bonds. The molecule has 2 N–H and O–H groups in total. The number of anilines is 1. The third kappa shape index (κ3) is 4.18. The Morgan fingerprint density at radius 2 is 1.94 bits per heavy atom. The minimum Gasteiger partial charge on any atom is -0.497 e. The van der Waals surface area contributed by atoms with Crippen molar-refractivity contribution in [3.63, 3.8) is 0 Å². The number of carbonyl (C=O) groups excluding carboxylic acids is 1. The average Bonchev–Trinajstić information content (AvgIpc) is 2.81. The molecule has 3 atom stereocenters. The number of methoxy groups -OCH3 is 3. The summed E-state index contributed by atoms with van der Waals surface area (Å²) < 4.78 is 22.6. The number of carbonyl (C=O) groups is 1. The van der Waals surface area contributed by atoms with E-state index in [4.69, 9.17) is 31.2 Å². The summed E-state index contributed by atoms with van der Waals surface area (Å²) in [6.45, 7) is 3.05. The molecular formula is C24H29N3O5S. The number of fused-ring (bicyclic) bond motifs is 4. The van der Waals surface area contributed by atoms with Gasteiger partial charge in [-0.1, -0.05) is 12.1 Å². The van der Waals surface area contributed by atoms with Crippen molar-refractivity contribution in [3.05, 3.63) is 48.0 Å². The van der Waals surface area contributed by atoms with Crippen molar-refractivity contribution in [2.24, 2.45) is 5.92 Å². The zero-order chi connectivity index (χ0) is 23.6. The summed E-state index contributed by atoms with van der Waals surface area (Å²) in [7, 11) is 4.87. The van der Waals surface area contributed by atoms with Crippen LogP contribution >= 0.6 is 12.2 Å². The van der Waals surface area contributed by atoms with Crippen LogP contribution in [0.4, 0.5) is 5.69 Å². The Bertz CT molecular complexity index is 1030. The molecule has 2 aromatic rings. The van der Waals surface area contributed by atoms with E-state index >= 15 is 0 Å². The van der Waals surface area contributed by atoms with Crippen LogP contribution in [0.2, 0.25) is 0 Å². The molecule has 0 spiro atoms. The maximum absolute atomic E-state index is 13.7. The number of nitrogens with zero attached hydrogens (tertiary/aromatic N) is 1. The van der Waals surface area contributed by atoms with Crippen molar-refractivity contribution in [2.75, 3.05) is 39.8 Å². The summed E-state index contributed by atoms with van der Waals surface area (Å²) in [5, 5.41) is 6.97. The molecule has 9 heteroatoms. The Morgan fingerprint density at radius 1 is 1.18 bits per heavy atom. The molecule has 0 radical (unpaired) electrons. The highest BCUT2D eigenvalue weighted by atomic mass is 32.1. The van der Waals surface area contributed by atoms with E-state index in [9.17, 15) is 4.79 Å². The molecule has 33 heavy (non-hydrogen) atoms. The third-order valence-electron chi connectivity index (χ3n) is 6.21. The van der Waals surface area contributed by atoms with Crippen LogP contribution in [0.25, 0.3) is 0 Å². The molecule has 2 heterocycles. The Morgan fingerprint density at radius 3 is 2.61 bits per heavy atom. The maximum Gasteiger partial charge on any atom is 0.236 e. The maximum atomic E-state index is 13.7. The Hall–Kier alpha value is -3.04. The van der Waals surface area contributed by atoms with Gasteiger partial charge in [0.1, 0.15) is 11.7 Å². The number of nitrogens with one attached hydrogen (secondary N) is 2. The van der Waals surface area contributed by atoms with Gasteiger partial charge in [-0.15, -0.1) is 0 Å². The van der Waals surface area contributed by atoms with Gasteiger partial charge < -0.3 is 34.5 Å². The second-order valence-electron chi connectivity index (χ2n) is 8.16. The van der Waals surface area contributed by atoms with Gasteiger partial charge in [0.25, 0.3) is 0 Å². The van der Waals surface area contributed by atoms with E-state index in [0.717, 1.165) is 17.7 Å². The lowest BCUT2D eigenvalue weighted by molar-refractivity contribution is -0.149. The van der Waals surface area contributed by atoms with E-state index in [1.807, 2.05) is 42.2 Å². The number of benzene rings is 2. The molecule has 176 valence electrons. The second-order valence-corrected chi connectivity index (χ2v) is 8.54. The highest BCUT2D eigenvalue weighted by molar-refractivity contribution is 7.80. The zero-order valence-corrected chi connectivity index (χ0v) is 20.0. The first kappa shape index (κ1) is 23.1. The monoisotopic (exact) mass is 471 g/mol. The number of para-hydroxylation sites is 1. The fourth-order valence-corrected chi connectivity index (χ4v) is 4.98. The third-order valence-corrected chi connectivity index (χ3v) is 6.55. The number of thiocarbonyl (C=S) groups is 1. The van der Waals surface area contributed by atoms with Gasteiger partial charge in [0.05, 0.1) is 20.3 Å². The highest BCUT2D eigenvalue weighted by Crippen LogP contribution is 2.51. The summed E-state index contributed by atoms with van der Waals surface area (Å²) in [6.07, 6.45) is 0.730. The number of hydrogen-bond donors (Lipinski definition) is 2. The summed E-state index contributed by atoms with van der Waals surface area (Å²) in [6, 6.07) is 12.5. The van der Waals surface area contributed by atoms with E-state index in [0.29, 0.717) is 35.5 Å². The number of rotatable bonds is 8. The molecule has 0 saturated carbocycles. The fraction of sp³-hybridized carbons (Fsp3) is 0.417. The molecule has 2 aliphatic heterocycles. The standard InChI is InChI=1S/C24H29N3O5S/c1-24-19(22(28)25-15-9-11-16(30-3)12-10-15)20(26-23(33)27(24)13-6-14-29-2)17-7-5-8-18(31-4)21(17)32-24/h5,7-12,19-20H,6,13-14H2,1-4H3,(H,25,28)(H,26,33). The first-order valence-corrected chi connectivity index (χ1v) is 11.2. The van der Waals surface area contributed by atoms with Gasteiger partial charge in [0.15, 0.2) is 22.3 Å². The molecule has 2 bridgehead atoms. The van der Waals surface area contributed by atoms with Gasteiger partial charge in [0.2, 0.25) is 5.91 Å². The summed E-state index contributed by atoms with van der Waals surface area (Å²) in [5.41, 5.74) is 0.479. The van der Waals surface area contributed by atoms with Crippen LogP contribution < -0.4 is 24.8 Å². The Kier molecular flexibility index (Phi) is 6.62. The minimum atomic E-state index is -1.03. The van der Waals surface area contributed by atoms with Gasteiger partial charge in [0, 0.05) is 31.5 Å². The number of hydrogen-bond acceptors (Lipinski definition) is 6. The molecule has 2 aromatic carbocycles. The predicted molar refractivity (Wildman–Crippen MR) is 129 cm³/mol. The van der Waals surface area contributed by atoms with Gasteiger partial charge in [-0.2, -0.15) is 0 Å². The molecule has 4 rings (SSSR count). The zero-order valence-electron chi connectivity index (χ0n) is 19.2. The van der Waals surface area contributed by atoms with Gasteiger partial charge in [-0.05, 0) is 55.9 Å². The first-order valence-electron chi connectivity index (χ1n) is 10.8. The lowest BCUT2D eigenvalue weighted by Gasteiger charge is -2.56. The first-order chi connectivity index (χ1) is 15.9. The molecule has 3 unspecified atom stereocenters. The minimum absolute atomic E-state index is 0.173. The van der Waals surface area contributed by atoms with Gasteiger partial charge >= 0.3 is 0 Å². The van der Waals surface area contributed by atoms with Crippen molar-refractivity contribution in [3.8, 4) is 17.2 Å². The molecule has 8 nitrogen and oxygen atoms in total. The normalized spacial score (nSPS) is 23.2. The highest BCUT2D eigenvalue weighted by Gasteiger charge is 2.58. The van der Waals surface area contributed by atoms with Gasteiger partial charge in [-0.25, -0.2) is 0 Å². The van der Waals surface area contributed by atoms with Gasteiger partial charge in [-0.3, -0.25) is 4.79 Å². The summed E-state index contributed by atoms with van der Waals surface area (Å²) in [4.78, 5) is 15.6. The molecule has 1 fully saturated rings. The lowest BCUT2D eigenvalue weighted by Crippen LogP contribution is -2.71.